The van der Waals surface area contributed by atoms with Gasteiger partial charge in [-0.05, 0) is 71.5 Å². The number of hydrogen-bond acceptors (Lipinski definition) is 1. The summed E-state index contributed by atoms with van der Waals surface area (Å²) in [6.45, 7) is 0. The normalized spacial score (nSPS) is 18.1. The summed E-state index contributed by atoms with van der Waals surface area (Å²) in [5.74, 6) is 0.174. The zero-order valence-electron chi connectivity index (χ0n) is 12.2. The van der Waals surface area contributed by atoms with Crippen LogP contribution in [0.4, 0.5) is 5.69 Å². The van der Waals surface area contributed by atoms with Gasteiger partial charge in [0.05, 0.1) is 6.04 Å². The molecular weight excluding hydrogens is 423 g/mol. The number of anilines is 1. The van der Waals surface area contributed by atoms with Crippen LogP contribution in [0.1, 0.15) is 24.4 Å². The van der Waals surface area contributed by atoms with E-state index in [2.05, 4.69) is 27.6 Å². The van der Waals surface area contributed by atoms with Crippen LogP contribution in [0.25, 0.3) is 10.9 Å². The van der Waals surface area contributed by atoms with Crippen LogP contribution in [-0.2, 0) is 4.79 Å². The molecule has 0 spiro atoms. The van der Waals surface area contributed by atoms with Crippen LogP contribution < -0.4 is 4.90 Å². The van der Waals surface area contributed by atoms with Crippen molar-refractivity contribution in [3.8, 4) is 0 Å². The molecule has 3 nitrogen and oxygen atoms in total. The number of hydrogen-bond donors (Lipinski definition) is 1. The molecule has 23 heavy (non-hydrogen) atoms. The monoisotopic (exact) mass is 436 g/mol. The van der Waals surface area contributed by atoms with Crippen molar-refractivity contribution in [3.63, 3.8) is 0 Å². The van der Waals surface area contributed by atoms with Gasteiger partial charge in [-0.3, -0.25) is 4.79 Å². The van der Waals surface area contributed by atoms with Gasteiger partial charge in [0.15, 0.2) is 0 Å². The SMILES string of the molecule is O=C1CC[C@@H](c2c[nH]c3ccc(Cl)cc23)N1c1ccc(I)cc1. The molecule has 116 valence electrons. The van der Waals surface area contributed by atoms with E-state index < -0.39 is 0 Å². The molecule has 2 aromatic carbocycles. The van der Waals surface area contributed by atoms with E-state index in [0.29, 0.717) is 11.4 Å². The largest absolute Gasteiger partial charge is 0.361 e. The van der Waals surface area contributed by atoms with E-state index in [0.717, 1.165) is 32.1 Å². The first-order valence-electron chi connectivity index (χ1n) is 7.47. The summed E-state index contributed by atoms with van der Waals surface area (Å²) in [6.07, 6.45) is 3.40. The van der Waals surface area contributed by atoms with Crippen molar-refractivity contribution < 1.29 is 4.79 Å². The lowest BCUT2D eigenvalue weighted by atomic mass is 10.0. The number of fused-ring (bicyclic) bond motifs is 1. The number of rotatable bonds is 2. The van der Waals surface area contributed by atoms with Gasteiger partial charge in [-0.1, -0.05) is 11.6 Å². The molecule has 4 rings (SSSR count). The van der Waals surface area contributed by atoms with Gasteiger partial charge in [-0.25, -0.2) is 0 Å². The van der Waals surface area contributed by atoms with Gasteiger partial charge in [-0.2, -0.15) is 0 Å². The Kier molecular flexibility index (Phi) is 3.81. The summed E-state index contributed by atoms with van der Waals surface area (Å²) in [7, 11) is 0. The minimum absolute atomic E-state index is 0.0507. The molecule has 1 aromatic heterocycles. The smallest absolute Gasteiger partial charge is 0.227 e. The number of carbonyl (C=O) groups is 1. The maximum atomic E-state index is 12.5. The van der Waals surface area contributed by atoms with Gasteiger partial charge in [0.25, 0.3) is 0 Å². The van der Waals surface area contributed by atoms with Crippen molar-refractivity contribution in [1.29, 1.82) is 0 Å². The Hall–Kier alpha value is -1.53. The number of nitrogens with one attached hydrogen (secondary N) is 1. The summed E-state index contributed by atoms with van der Waals surface area (Å²) < 4.78 is 1.16. The summed E-state index contributed by atoms with van der Waals surface area (Å²) in [5, 5.41) is 1.80. The van der Waals surface area contributed by atoms with Crippen LogP contribution in [-0.4, -0.2) is 10.9 Å². The lowest BCUT2D eigenvalue weighted by Gasteiger charge is -2.25. The van der Waals surface area contributed by atoms with Gasteiger partial charge in [0.1, 0.15) is 0 Å². The Bertz CT molecular complexity index is 888. The van der Waals surface area contributed by atoms with E-state index in [-0.39, 0.29) is 11.9 Å². The summed E-state index contributed by atoms with van der Waals surface area (Å²) >= 11 is 8.43. The number of carbonyl (C=O) groups excluding carboxylic acids is 1. The van der Waals surface area contributed by atoms with Crippen LogP contribution in [0.15, 0.2) is 48.7 Å². The molecular formula is C18H14ClIN2O. The first-order valence-corrected chi connectivity index (χ1v) is 8.93. The van der Waals surface area contributed by atoms with Gasteiger partial charge in [-0.15, -0.1) is 0 Å². The third-order valence-electron chi connectivity index (χ3n) is 4.35. The maximum Gasteiger partial charge on any atom is 0.227 e. The molecule has 2 heterocycles. The van der Waals surface area contributed by atoms with Crippen molar-refractivity contribution in [1.82, 2.24) is 4.98 Å². The molecule has 1 amide bonds. The molecule has 5 heteroatoms. The molecule has 1 N–H and O–H groups in total. The van der Waals surface area contributed by atoms with Crippen LogP contribution in [0.3, 0.4) is 0 Å². The molecule has 1 atom stereocenters. The van der Waals surface area contributed by atoms with Crippen molar-refractivity contribution >= 4 is 56.7 Å². The number of aromatic nitrogens is 1. The molecule has 1 aliphatic rings. The molecule has 1 fully saturated rings. The summed E-state index contributed by atoms with van der Waals surface area (Å²) in [6, 6.07) is 14.0. The standard InChI is InChI=1S/C18H14ClIN2O/c19-11-1-6-16-14(9-11)15(10-21-16)17-7-8-18(23)22(17)13-4-2-12(20)3-5-13/h1-6,9-10,17,21H,7-8H2/t17-/m0/s1. The Morgan fingerprint density at radius 1 is 1.17 bits per heavy atom. The van der Waals surface area contributed by atoms with Crippen LogP contribution in [0.2, 0.25) is 5.02 Å². The fourth-order valence-corrected chi connectivity index (χ4v) is 3.83. The van der Waals surface area contributed by atoms with Crippen LogP contribution >= 0.6 is 34.2 Å². The van der Waals surface area contributed by atoms with Crippen LogP contribution in [0.5, 0.6) is 0 Å². The van der Waals surface area contributed by atoms with Crippen molar-refractivity contribution in [2.24, 2.45) is 0 Å². The molecule has 0 bridgehead atoms. The minimum Gasteiger partial charge on any atom is -0.361 e. The summed E-state index contributed by atoms with van der Waals surface area (Å²) in [5.41, 5.74) is 3.13. The van der Waals surface area contributed by atoms with Gasteiger partial charge < -0.3 is 9.88 Å². The first kappa shape index (κ1) is 15.0. The minimum atomic E-state index is 0.0507. The molecule has 1 saturated heterocycles. The third kappa shape index (κ3) is 2.64. The van der Waals surface area contributed by atoms with E-state index in [1.165, 1.54) is 0 Å². The number of amides is 1. The first-order chi connectivity index (χ1) is 11.1. The molecule has 3 aromatic rings. The van der Waals surface area contributed by atoms with E-state index in [1.807, 2.05) is 53.6 Å². The summed E-state index contributed by atoms with van der Waals surface area (Å²) in [4.78, 5) is 17.7. The van der Waals surface area contributed by atoms with Gasteiger partial charge >= 0.3 is 0 Å². The molecule has 1 aliphatic heterocycles. The third-order valence-corrected chi connectivity index (χ3v) is 5.31. The van der Waals surface area contributed by atoms with Crippen molar-refractivity contribution in [3.05, 3.63) is 62.8 Å². The highest BCUT2D eigenvalue weighted by molar-refractivity contribution is 14.1. The average molecular weight is 437 g/mol. The van der Waals surface area contributed by atoms with E-state index in [4.69, 9.17) is 11.6 Å². The number of H-pyrrole nitrogens is 1. The quantitative estimate of drug-likeness (QED) is 0.544. The Morgan fingerprint density at radius 2 is 1.96 bits per heavy atom. The fraction of sp³-hybridized carbons (Fsp3) is 0.167. The highest BCUT2D eigenvalue weighted by Gasteiger charge is 2.34. The maximum absolute atomic E-state index is 12.5. The topological polar surface area (TPSA) is 36.1 Å². The van der Waals surface area contributed by atoms with Gasteiger partial charge in [0.2, 0.25) is 5.91 Å². The van der Waals surface area contributed by atoms with Gasteiger partial charge in [0, 0.05) is 43.4 Å². The molecule has 0 saturated carbocycles. The lowest BCUT2D eigenvalue weighted by molar-refractivity contribution is -0.117. The Morgan fingerprint density at radius 3 is 2.74 bits per heavy atom. The predicted octanol–water partition coefficient (Wildman–Crippen LogP) is 5.29. The fourth-order valence-electron chi connectivity index (χ4n) is 3.29. The second-order valence-corrected chi connectivity index (χ2v) is 7.41. The zero-order chi connectivity index (χ0) is 16.0. The highest BCUT2D eigenvalue weighted by Crippen LogP contribution is 2.40. The molecule has 0 radical (unpaired) electrons. The van der Waals surface area contributed by atoms with E-state index in [9.17, 15) is 4.79 Å². The Labute approximate surface area is 152 Å². The van der Waals surface area contributed by atoms with Crippen LogP contribution in [0, 0.1) is 3.57 Å². The number of halogens is 2. The van der Waals surface area contributed by atoms with Crippen molar-refractivity contribution in [2.75, 3.05) is 4.90 Å². The van der Waals surface area contributed by atoms with E-state index >= 15 is 0 Å². The zero-order valence-corrected chi connectivity index (χ0v) is 15.1. The predicted molar refractivity (Wildman–Crippen MR) is 102 cm³/mol. The highest BCUT2D eigenvalue weighted by atomic mass is 127. The number of nitrogens with zero attached hydrogens (tertiary/aromatic N) is 1. The molecule has 0 aliphatic carbocycles. The second-order valence-electron chi connectivity index (χ2n) is 5.73. The average Bonchev–Trinajstić information content (AvgIpc) is 3.11. The number of aromatic amines is 1. The van der Waals surface area contributed by atoms with Crippen molar-refractivity contribution in [2.45, 2.75) is 18.9 Å². The second kappa shape index (κ2) is 5.83. The molecule has 0 unspecified atom stereocenters. The van der Waals surface area contributed by atoms with E-state index in [1.54, 1.807) is 0 Å². The lowest BCUT2D eigenvalue weighted by Crippen LogP contribution is -2.27. The Balaban J connectivity index is 1.81. The number of benzene rings is 2.